The zero-order valence-corrected chi connectivity index (χ0v) is 18.6. The van der Waals surface area contributed by atoms with Crippen LogP contribution in [0, 0.1) is 6.92 Å². The molecule has 0 bridgehead atoms. The number of aryl methyl sites for hydroxylation is 1. The summed E-state index contributed by atoms with van der Waals surface area (Å²) in [6.07, 6.45) is 1.04. The molecule has 0 aliphatic rings. The maximum atomic E-state index is 12.9. The molecule has 30 heavy (non-hydrogen) atoms. The van der Waals surface area contributed by atoms with Crippen molar-refractivity contribution >= 4 is 21.8 Å². The average Bonchev–Trinajstić information content (AvgIpc) is 2.70. The van der Waals surface area contributed by atoms with E-state index in [2.05, 4.69) is 5.32 Å². The molecule has 1 N–H and O–H groups in total. The molecular formula is C22H29N3O4S. The highest BCUT2D eigenvalue weighted by Gasteiger charge is 2.28. The largest absolute Gasteiger partial charge is 0.350 e. The van der Waals surface area contributed by atoms with Crippen molar-refractivity contribution in [2.75, 3.05) is 19.8 Å². The van der Waals surface area contributed by atoms with Crippen LogP contribution in [0.4, 0.5) is 0 Å². The average molecular weight is 432 g/mol. The van der Waals surface area contributed by atoms with Crippen LogP contribution < -0.4 is 5.32 Å². The second kappa shape index (κ2) is 10.4. The Labute approximate surface area is 178 Å². The Balaban J connectivity index is 2.13. The Morgan fingerprint density at radius 3 is 2.17 bits per heavy atom. The molecule has 2 rings (SSSR count). The number of amides is 2. The van der Waals surface area contributed by atoms with Crippen molar-refractivity contribution in [3.05, 3.63) is 71.3 Å². The fourth-order valence-electron chi connectivity index (χ4n) is 2.80. The number of carbonyl (C=O) groups excluding carboxylic acids is 2. The molecule has 0 radical (unpaired) electrons. The molecule has 0 heterocycles. The molecule has 0 fully saturated rings. The Bertz CT molecular complexity index is 960. The van der Waals surface area contributed by atoms with Crippen LogP contribution in [0.15, 0.2) is 54.6 Å². The van der Waals surface area contributed by atoms with Gasteiger partial charge in [-0.25, -0.2) is 8.42 Å². The van der Waals surface area contributed by atoms with Gasteiger partial charge in [0, 0.05) is 20.1 Å². The summed E-state index contributed by atoms with van der Waals surface area (Å²) in [6, 6.07) is 16.3. The molecule has 0 aliphatic carbocycles. The van der Waals surface area contributed by atoms with Gasteiger partial charge in [0.2, 0.25) is 21.8 Å². The van der Waals surface area contributed by atoms with Crippen LogP contribution in [0.5, 0.6) is 0 Å². The normalized spacial score (nSPS) is 12.4. The van der Waals surface area contributed by atoms with Crippen molar-refractivity contribution < 1.29 is 18.0 Å². The van der Waals surface area contributed by atoms with E-state index in [1.54, 1.807) is 6.92 Å². The lowest BCUT2D eigenvalue weighted by Crippen LogP contribution is -2.50. The van der Waals surface area contributed by atoms with Crippen LogP contribution in [-0.4, -0.2) is 55.3 Å². The van der Waals surface area contributed by atoms with Crippen molar-refractivity contribution in [3.63, 3.8) is 0 Å². The summed E-state index contributed by atoms with van der Waals surface area (Å²) in [4.78, 5) is 27.1. The van der Waals surface area contributed by atoms with E-state index in [0.717, 1.165) is 27.3 Å². The third-order valence-corrected chi connectivity index (χ3v) is 6.14. The lowest BCUT2D eigenvalue weighted by molar-refractivity contribution is -0.140. The number of nitrogens with one attached hydrogen (secondary N) is 1. The molecule has 0 saturated carbocycles. The molecule has 2 aromatic carbocycles. The zero-order valence-electron chi connectivity index (χ0n) is 17.8. The number of hydrogen-bond donors (Lipinski definition) is 1. The summed E-state index contributed by atoms with van der Waals surface area (Å²) in [5.41, 5.74) is 2.94. The van der Waals surface area contributed by atoms with Gasteiger partial charge in [0.25, 0.3) is 0 Å². The van der Waals surface area contributed by atoms with E-state index >= 15 is 0 Å². The highest BCUT2D eigenvalue weighted by Crippen LogP contribution is 2.11. The van der Waals surface area contributed by atoms with Gasteiger partial charge in [-0.2, -0.15) is 4.31 Å². The summed E-state index contributed by atoms with van der Waals surface area (Å²) < 4.78 is 24.4. The number of nitrogens with zero attached hydrogens (tertiary/aromatic N) is 2. The van der Waals surface area contributed by atoms with Gasteiger partial charge in [0.15, 0.2) is 0 Å². The maximum Gasteiger partial charge on any atom is 0.242 e. The van der Waals surface area contributed by atoms with E-state index in [4.69, 9.17) is 0 Å². The fourth-order valence-corrected chi connectivity index (χ4v) is 3.15. The molecule has 1 atom stereocenters. The van der Waals surface area contributed by atoms with Crippen LogP contribution >= 0.6 is 0 Å². The van der Waals surface area contributed by atoms with Crippen molar-refractivity contribution in [2.24, 2.45) is 0 Å². The van der Waals surface area contributed by atoms with Crippen LogP contribution in [0.3, 0.4) is 0 Å². The van der Waals surface area contributed by atoms with Gasteiger partial charge in [-0.05, 0) is 25.0 Å². The second-order valence-corrected chi connectivity index (χ2v) is 9.50. The summed E-state index contributed by atoms with van der Waals surface area (Å²) in [7, 11) is -2.17. The number of benzene rings is 2. The standard InChI is InChI=1S/C22H29N3O4S/c1-17-10-12-19(13-11-17)14-23-22(27)18(2)25(15-20-8-6-5-7-9-20)21(26)16-24(3)30(4,28)29/h5-13,18H,14-16H2,1-4H3,(H,23,27). The zero-order chi connectivity index (χ0) is 22.3. The molecule has 162 valence electrons. The topological polar surface area (TPSA) is 86.8 Å². The first-order valence-electron chi connectivity index (χ1n) is 9.66. The van der Waals surface area contributed by atoms with E-state index in [0.29, 0.717) is 6.54 Å². The van der Waals surface area contributed by atoms with E-state index in [1.165, 1.54) is 11.9 Å². The number of sulfonamides is 1. The Morgan fingerprint density at radius 2 is 1.60 bits per heavy atom. The van der Waals surface area contributed by atoms with E-state index in [1.807, 2.05) is 61.5 Å². The molecule has 7 nitrogen and oxygen atoms in total. The lowest BCUT2D eigenvalue weighted by Gasteiger charge is -2.30. The smallest absolute Gasteiger partial charge is 0.242 e. The summed E-state index contributed by atoms with van der Waals surface area (Å²) in [6.45, 7) is 3.86. The van der Waals surface area contributed by atoms with Crippen LogP contribution in [0.1, 0.15) is 23.6 Å². The predicted molar refractivity (Wildman–Crippen MR) is 117 cm³/mol. The molecular weight excluding hydrogens is 402 g/mol. The molecule has 0 saturated heterocycles. The van der Waals surface area contributed by atoms with Gasteiger partial charge in [0.05, 0.1) is 12.8 Å². The minimum Gasteiger partial charge on any atom is -0.350 e. The first kappa shape index (κ1) is 23.6. The Hall–Kier alpha value is -2.71. The highest BCUT2D eigenvalue weighted by atomic mass is 32.2. The summed E-state index contributed by atoms with van der Waals surface area (Å²) in [5.74, 6) is -0.744. The summed E-state index contributed by atoms with van der Waals surface area (Å²) >= 11 is 0. The van der Waals surface area contributed by atoms with E-state index < -0.39 is 22.0 Å². The van der Waals surface area contributed by atoms with Gasteiger partial charge in [-0.1, -0.05) is 60.2 Å². The molecule has 0 aliphatic heterocycles. The van der Waals surface area contributed by atoms with Crippen molar-refractivity contribution in [1.82, 2.24) is 14.5 Å². The summed E-state index contributed by atoms with van der Waals surface area (Å²) in [5, 5.41) is 2.86. The van der Waals surface area contributed by atoms with Crippen LogP contribution in [-0.2, 0) is 32.7 Å². The SMILES string of the molecule is Cc1ccc(CNC(=O)C(C)N(Cc2ccccc2)C(=O)CN(C)S(C)(=O)=O)cc1. The molecule has 2 amide bonds. The fraction of sp³-hybridized carbons (Fsp3) is 0.364. The number of hydrogen-bond acceptors (Lipinski definition) is 4. The molecule has 1 unspecified atom stereocenters. The first-order valence-corrected chi connectivity index (χ1v) is 11.5. The van der Waals surface area contributed by atoms with Gasteiger partial charge < -0.3 is 10.2 Å². The van der Waals surface area contributed by atoms with E-state index in [-0.39, 0.29) is 19.0 Å². The molecule has 8 heteroatoms. The molecule has 0 aromatic heterocycles. The lowest BCUT2D eigenvalue weighted by atomic mass is 10.1. The highest BCUT2D eigenvalue weighted by molar-refractivity contribution is 7.88. The Morgan fingerprint density at radius 1 is 1.00 bits per heavy atom. The predicted octanol–water partition coefficient (Wildman–Crippen LogP) is 1.92. The van der Waals surface area contributed by atoms with Crippen molar-refractivity contribution in [3.8, 4) is 0 Å². The minimum atomic E-state index is -3.51. The van der Waals surface area contributed by atoms with E-state index in [9.17, 15) is 18.0 Å². The van der Waals surface area contributed by atoms with Gasteiger partial charge in [-0.3, -0.25) is 9.59 Å². The number of carbonyl (C=O) groups is 2. The van der Waals surface area contributed by atoms with Gasteiger partial charge >= 0.3 is 0 Å². The molecule has 0 spiro atoms. The van der Waals surface area contributed by atoms with Crippen molar-refractivity contribution in [1.29, 1.82) is 0 Å². The van der Waals surface area contributed by atoms with Crippen molar-refractivity contribution in [2.45, 2.75) is 33.0 Å². The van der Waals surface area contributed by atoms with Gasteiger partial charge in [0.1, 0.15) is 6.04 Å². The number of rotatable bonds is 9. The van der Waals surface area contributed by atoms with Gasteiger partial charge in [-0.15, -0.1) is 0 Å². The Kier molecular flexibility index (Phi) is 8.14. The number of likely N-dealkylation sites (N-methyl/N-ethyl adjacent to an activating group) is 1. The third kappa shape index (κ3) is 6.96. The maximum absolute atomic E-state index is 12.9. The third-order valence-electron chi connectivity index (χ3n) is 4.87. The monoisotopic (exact) mass is 431 g/mol. The minimum absolute atomic E-state index is 0.205. The quantitative estimate of drug-likeness (QED) is 0.657. The molecule has 2 aromatic rings. The van der Waals surface area contributed by atoms with Crippen LogP contribution in [0.25, 0.3) is 0 Å². The van der Waals surface area contributed by atoms with Crippen LogP contribution in [0.2, 0.25) is 0 Å². The first-order chi connectivity index (χ1) is 14.1. The second-order valence-electron chi connectivity index (χ2n) is 7.41.